The highest BCUT2D eigenvalue weighted by Crippen LogP contribution is 2.55. The van der Waals surface area contributed by atoms with Crippen molar-refractivity contribution in [2.75, 3.05) is 0 Å². The molecule has 20 heavy (non-hydrogen) atoms. The number of hydrogen-bond donors (Lipinski definition) is 0. The zero-order chi connectivity index (χ0) is 14.4. The fourth-order valence-corrected chi connectivity index (χ4v) is 4.29. The van der Waals surface area contributed by atoms with E-state index in [0.717, 1.165) is 25.7 Å². The molecule has 0 spiro atoms. The molecular formula is C16H24O4. The molecule has 2 saturated carbocycles. The van der Waals surface area contributed by atoms with Crippen LogP contribution in [0.15, 0.2) is 0 Å². The first-order valence-corrected chi connectivity index (χ1v) is 7.92. The van der Waals surface area contributed by atoms with Gasteiger partial charge in [-0.05, 0) is 31.6 Å². The molecule has 6 atom stereocenters. The second-order valence-electron chi connectivity index (χ2n) is 7.04. The minimum atomic E-state index is -0.184. The molecule has 3 fully saturated rings. The van der Waals surface area contributed by atoms with Gasteiger partial charge in [-0.1, -0.05) is 20.8 Å². The Kier molecular flexibility index (Phi) is 3.51. The topological polar surface area (TPSA) is 52.6 Å². The lowest BCUT2D eigenvalue weighted by atomic mass is 9.88. The summed E-state index contributed by atoms with van der Waals surface area (Å²) in [5, 5.41) is 0. The Hall–Kier alpha value is -1.06. The van der Waals surface area contributed by atoms with Crippen molar-refractivity contribution in [3.8, 4) is 0 Å². The third-order valence-corrected chi connectivity index (χ3v) is 5.25. The Bertz CT molecular complexity index is 417. The minimum Gasteiger partial charge on any atom is -0.458 e. The van der Waals surface area contributed by atoms with E-state index in [1.54, 1.807) is 0 Å². The molecule has 4 nitrogen and oxygen atoms in total. The Labute approximate surface area is 120 Å². The molecule has 112 valence electrons. The third-order valence-electron chi connectivity index (χ3n) is 5.25. The lowest BCUT2D eigenvalue weighted by Gasteiger charge is -2.27. The Balaban J connectivity index is 1.64. The average Bonchev–Trinajstić information content (AvgIpc) is 3.00. The predicted octanol–water partition coefficient (Wildman–Crippen LogP) is 2.55. The Morgan fingerprint density at radius 2 is 2.15 bits per heavy atom. The van der Waals surface area contributed by atoms with Gasteiger partial charge < -0.3 is 9.47 Å². The zero-order valence-corrected chi connectivity index (χ0v) is 12.5. The summed E-state index contributed by atoms with van der Waals surface area (Å²) in [6, 6.07) is 0. The van der Waals surface area contributed by atoms with E-state index in [4.69, 9.17) is 9.47 Å². The van der Waals surface area contributed by atoms with Gasteiger partial charge in [-0.3, -0.25) is 9.59 Å². The third kappa shape index (κ3) is 2.13. The highest BCUT2D eigenvalue weighted by atomic mass is 16.6. The van der Waals surface area contributed by atoms with Gasteiger partial charge in [-0.2, -0.15) is 0 Å². The first-order chi connectivity index (χ1) is 9.51. The SMILES string of the molecule is CCC(CC(C)C)C(=O)OC1C2CC3C(=O)OC1C3C2. The number of rotatable bonds is 5. The fraction of sp³-hybridized carbons (Fsp3) is 0.875. The number of carbonyl (C=O) groups excluding carboxylic acids is 2. The molecule has 1 heterocycles. The van der Waals surface area contributed by atoms with Gasteiger partial charge in [-0.25, -0.2) is 0 Å². The van der Waals surface area contributed by atoms with Gasteiger partial charge in [0.25, 0.3) is 0 Å². The van der Waals surface area contributed by atoms with Crippen LogP contribution in [0.25, 0.3) is 0 Å². The van der Waals surface area contributed by atoms with Crippen LogP contribution < -0.4 is 0 Å². The summed E-state index contributed by atoms with van der Waals surface area (Å²) in [5.74, 6) is 1.01. The average molecular weight is 280 g/mol. The number of carbonyl (C=O) groups is 2. The smallest absolute Gasteiger partial charge is 0.309 e. The van der Waals surface area contributed by atoms with Gasteiger partial charge in [0.2, 0.25) is 0 Å². The maximum absolute atomic E-state index is 12.3. The van der Waals surface area contributed by atoms with Gasteiger partial charge in [-0.15, -0.1) is 0 Å². The van der Waals surface area contributed by atoms with Gasteiger partial charge in [0.15, 0.2) is 0 Å². The molecule has 6 unspecified atom stereocenters. The van der Waals surface area contributed by atoms with Crippen LogP contribution in [0, 0.1) is 29.6 Å². The summed E-state index contributed by atoms with van der Waals surface area (Å²) < 4.78 is 11.2. The molecule has 0 aromatic rings. The molecule has 0 radical (unpaired) electrons. The van der Waals surface area contributed by atoms with Crippen LogP contribution in [0.1, 0.15) is 46.5 Å². The molecule has 0 N–H and O–H groups in total. The molecule has 0 amide bonds. The number of esters is 2. The van der Waals surface area contributed by atoms with Crippen molar-refractivity contribution < 1.29 is 19.1 Å². The summed E-state index contributed by atoms with van der Waals surface area (Å²) >= 11 is 0. The molecule has 4 heteroatoms. The molecule has 3 aliphatic rings. The van der Waals surface area contributed by atoms with E-state index in [9.17, 15) is 9.59 Å². The Morgan fingerprint density at radius 3 is 2.80 bits per heavy atom. The largest absolute Gasteiger partial charge is 0.458 e. The molecule has 1 saturated heterocycles. The van der Waals surface area contributed by atoms with Gasteiger partial charge in [0.1, 0.15) is 12.2 Å². The van der Waals surface area contributed by atoms with Crippen LogP contribution in [-0.4, -0.2) is 24.1 Å². The summed E-state index contributed by atoms with van der Waals surface area (Å²) in [7, 11) is 0. The standard InChI is InChI=1S/C16H24O4/c1-4-9(5-8(2)3)15(17)19-13-10-6-11-12(7-10)16(18)20-14(11)13/h8-14H,4-7H2,1-3H3. The first-order valence-electron chi connectivity index (χ1n) is 7.92. The van der Waals surface area contributed by atoms with Gasteiger partial charge in [0, 0.05) is 11.8 Å². The van der Waals surface area contributed by atoms with E-state index in [1.165, 1.54) is 0 Å². The summed E-state index contributed by atoms with van der Waals surface area (Å²) in [6.45, 7) is 6.27. The van der Waals surface area contributed by atoms with Gasteiger partial charge in [0.05, 0.1) is 11.8 Å². The minimum absolute atomic E-state index is 0.0259. The zero-order valence-electron chi connectivity index (χ0n) is 12.5. The lowest BCUT2D eigenvalue weighted by molar-refractivity contribution is -0.166. The fourth-order valence-electron chi connectivity index (χ4n) is 4.29. The number of ether oxygens (including phenoxy) is 2. The maximum atomic E-state index is 12.3. The van der Waals surface area contributed by atoms with Crippen molar-refractivity contribution >= 4 is 11.9 Å². The molecule has 0 aromatic carbocycles. The second kappa shape index (κ2) is 5.05. The van der Waals surface area contributed by atoms with Crippen molar-refractivity contribution in [1.29, 1.82) is 0 Å². The highest BCUT2D eigenvalue weighted by molar-refractivity contribution is 5.77. The van der Waals surface area contributed by atoms with E-state index >= 15 is 0 Å². The monoisotopic (exact) mass is 280 g/mol. The van der Waals surface area contributed by atoms with Crippen LogP contribution in [0.2, 0.25) is 0 Å². The van der Waals surface area contributed by atoms with Crippen LogP contribution >= 0.6 is 0 Å². The normalized spacial score (nSPS) is 39.2. The quantitative estimate of drug-likeness (QED) is 0.726. The highest BCUT2D eigenvalue weighted by Gasteiger charge is 2.63. The van der Waals surface area contributed by atoms with Crippen LogP contribution in [-0.2, 0) is 19.1 Å². The molecule has 1 aliphatic heterocycles. The van der Waals surface area contributed by atoms with E-state index in [2.05, 4.69) is 13.8 Å². The number of fused-ring (bicyclic) bond motifs is 1. The lowest BCUT2D eigenvalue weighted by Crippen LogP contribution is -2.37. The van der Waals surface area contributed by atoms with Crippen molar-refractivity contribution in [3.63, 3.8) is 0 Å². The van der Waals surface area contributed by atoms with Crippen LogP contribution in [0.4, 0.5) is 0 Å². The molecule has 0 aromatic heterocycles. The molecular weight excluding hydrogens is 256 g/mol. The van der Waals surface area contributed by atoms with Gasteiger partial charge >= 0.3 is 11.9 Å². The summed E-state index contributed by atoms with van der Waals surface area (Å²) in [4.78, 5) is 24.0. The summed E-state index contributed by atoms with van der Waals surface area (Å²) in [6.07, 6.45) is 3.16. The second-order valence-corrected chi connectivity index (χ2v) is 7.04. The van der Waals surface area contributed by atoms with Crippen molar-refractivity contribution in [2.24, 2.45) is 29.6 Å². The van der Waals surface area contributed by atoms with Crippen LogP contribution in [0.5, 0.6) is 0 Å². The maximum Gasteiger partial charge on any atom is 0.309 e. The van der Waals surface area contributed by atoms with Crippen molar-refractivity contribution in [2.45, 2.75) is 58.7 Å². The first kappa shape index (κ1) is 13.9. The van der Waals surface area contributed by atoms with E-state index < -0.39 is 0 Å². The Morgan fingerprint density at radius 1 is 1.40 bits per heavy atom. The molecule has 2 bridgehead atoms. The van der Waals surface area contributed by atoms with E-state index in [0.29, 0.717) is 17.8 Å². The van der Waals surface area contributed by atoms with Crippen molar-refractivity contribution in [1.82, 2.24) is 0 Å². The summed E-state index contributed by atoms with van der Waals surface area (Å²) in [5.41, 5.74) is 0. The van der Waals surface area contributed by atoms with Crippen LogP contribution in [0.3, 0.4) is 0 Å². The predicted molar refractivity (Wildman–Crippen MR) is 72.7 cm³/mol. The molecule has 3 rings (SSSR count). The van der Waals surface area contributed by atoms with Crippen molar-refractivity contribution in [3.05, 3.63) is 0 Å². The van der Waals surface area contributed by atoms with E-state index in [-0.39, 0.29) is 36.0 Å². The van der Waals surface area contributed by atoms with E-state index in [1.807, 2.05) is 6.92 Å². The number of hydrogen-bond acceptors (Lipinski definition) is 4. The molecule has 2 aliphatic carbocycles.